The van der Waals surface area contributed by atoms with E-state index < -0.39 is 42.2 Å². The average molecular weight is 966 g/mol. The number of carbonyl (C=O) groups is 6. The normalized spacial score (nSPS) is 11.3. The molecule has 20 heteroatoms. The molecule has 352 valence electrons. The maximum atomic E-state index is 12.6. The first-order chi connectivity index (χ1) is 31.0. The number of aryl methyl sites for hydroxylation is 2. The van der Waals surface area contributed by atoms with Crippen LogP contribution in [0.4, 0.5) is 9.59 Å². The summed E-state index contributed by atoms with van der Waals surface area (Å²) in [7, 11) is 0. The van der Waals surface area contributed by atoms with Crippen molar-refractivity contribution < 1.29 is 52.8 Å². The van der Waals surface area contributed by atoms with Crippen molar-refractivity contribution in [2.24, 2.45) is 5.73 Å². The SMILES string of the molecule is CC(C)OC(=O)[C@@H](CN)NC(=O)OCc1ccccc1.Cc1ccnc2cc(C(=O)NC[C@@H](NC(=O)OCc3ccccc3)C(=O)OC(C)C)sc12.Cc1ccnc2cc(C(=O)O)sc12.Cl. The minimum atomic E-state index is -1.10. The second-order valence-electron chi connectivity index (χ2n) is 14.6. The highest BCUT2D eigenvalue weighted by Gasteiger charge is 2.26. The van der Waals surface area contributed by atoms with Crippen LogP contribution < -0.4 is 21.7 Å². The van der Waals surface area contributed by atoms with E-state index in [4.69, 9.17) is 29.8 Å². The number of esters is 2. The van der Waals surface area contributed by atoms with Gasteiger partial charge in [-0.1, -0.05) is 60.7 Å². The summed E-state index contributed by atoms with van der Waals surface area (Å²) in [6, 6.07) is 23.5. The number of halogens is 1. The van der Waals surface area contributed by atoms with E-state index in [2.05, 4.69) is 25.9 Å². The molecule has 0 fully saturated rings. The first kappa shape index (κ1) is 53.7. The van der Waals surface area contributed by atoms with Crippen molar-refractivity contribution in [2.45, 2.75) is 79.0 Å². The standard InChI is InChI=1S/C23H25N3O5S.C14H20N2O4.C9H7NO2S.ClH/c1-14(2)31-22(28)18(26-23(29)30-13-16-7-5-4-6-8-16)12-25-21(27)19-11-17-20(32-19)15(3)9-10-24-17;1-10(2)20-13(17)12(8-15)16-14(18)19-9-11-6-4-3-5-7-11;1-5-2-3-10-6-4-7(9(11)12)13-8(5)6;/h4-11,14,18H,12-13H2,1-3H3,(H,25,27)(H,26,29);3-7,10,12H,8-9,15H2,1-2H3,(H,16,18);2-4H,1H3,(H,11,12);1H/t18-;12-;;/m11../s1. The van der Waals surface area contributed by atoms with Crippen molar-refractivity contribution in [1.29, 1.82) is 0 Å². The van der Waals surface area contributed by atoms with Gasteiger partial charge in [0.2, 0.25) is 0 Å². The third-order valence-electron chi connectivity index (χ3n) is 8.64. The minimum Gasteiger partial charge on any atom is -0.477 e. The van der Waals surface area contributed by atoms with Gasteiger partial charge in [0, 0.05) is 25.5 Å². The van der Waals surface area contributed by atoms with Crippen molar-refractivity contribution in [3.63, 3.8) is 0 Å². The number of hydrogen-bond donors (Lipinski definition) is 5. The van der Waals surface area contributed by atoms with Crippen LogP contribution in [0.25, 0.3) is 20.4 Å². The molecule has 6 aromatic rings. The Hall–Kier alpha value is -6.67. The summed E-state index contributed by atoms with van der Waals surface area (Å²) < 4.78 is 22.3. The molecule has 0 radical (unpaired) electrons. The molecule has 0 saturated carbocycles. The summed E-state index contributed by atoms with van der Waals surface area (Å²) in [5.74, 6) is -2.48. The van der Waals surface area contributed by atoms with Crippen LogP contribution in [0.5, 0.6) is 0 Å². The summed E-state index contributed by atoms with van der Waals surface area (Å²) in [5, 5.41) is 16.3. The summed E-state index contributed by atoms with van der Waals surface area (Å²) in [6.45, 7) is 10.7. The predicted molar refractivity (Wildman–Crippen MR) is 254 cm³/mol. The topological polar surface area (TPSA) is 247 Å². The number of nitrogens with two attached hydrogens (primary N) is 1. The van der Waals surface area contributed by atoms with Crippen LogP contribution in [0, 0.1) is 13.8 Å². The fraction of sp³-hybridized carbons (Fsp3) is 0.304. The molecule has 0 spiro atoms. The number of carboxylic acids is 1. The minimum absolute atomic E-state index is 0. The molecule has 4 heterocycles. The number of nitrogens with one attached hydrogen (secondary N) is 3. The Bertz CT molecular complexity index is 2540. The largest absolute Gasteiger partial charge is 0.477 e. The van der Waals surface area contributed by atoms with E-state index >= 15 is 0 Å². The lowest BCUT2D eigenvalue weighted by Crippen LogP contribution is -2.49. The number of nitrogens with zero attached hydrogens (tertiary/aromatic N) is 2. The number of aromatic nitrogens is 2. The Morgan fingerprint density at radius 3 is 1.50 bits per heavy atom. The zero-order chi connectivity index (χ0) is 47.5. The molecule has 3 amide bonds. The van der Waals surface area contributed by atoms with Gasteiger partial charge in [0.05, 0.1) is 37.5 Å². The molecule has 2 aromatic carbocycles. The number of ether oxygens (including phenoxy) is 4. The van der Waals surface area contributed by atoms with E-state index in [1.807, 2.05) is 86.6 Å². The molecular weight excluding hydrogens is 912 g/mol. The van der Waals surface area contributed by atoms with Crippen LogP contribution in [0.3, 0.4) is 0 Å². The van der Waals surface area contributed by atoms with Gasteiger partial charge in [0.1, 0.15) is 30.2 Å². The molecule has 17 nitrogen and oxygen atoms in total. The number of pyridine rings is 2. The number of benzene rings is 2. The van der Waals surface area contributed by atoms with Gasteiger partial charge >= 0.3 is 30.1 Å². The van der Waals surface area contributed by atoms with Crippen LogP contribution in [0.15, 0.2) is 97.3 Å². The highest BCUT2D eigenvalue weighted by Crippen LogP contribution is 2.27. The molecule has 0 unspecified atom stereocenters. The lowest BCUT2D eigenvalue weighted by molar-refractivity contribution is -0.150. The molecule has 6 N–H and O–H groups in total. The molecular formula is C46H53ClN6O11S2. The molecule has 0 aliphatic rings. The van der Waals surface area contributed by atoms with Gasteiger partial charge in [0.15, 0.2) is 0 Å². The summed E-state index contributed by atoms with van der Waals surface area (Å²) in [6.07, 6.45) is 1.25. The smallest absolute Gasteiger partial charge is 0.408 e. The van der Waals surface area contributed by atoms with Gasteiger partial charge in [-0.3, -0.25) is 14.8 Å². The Morgan fingerprint density at radius 2 is 1.08 bits per heavy atom. The number of alkyl carbamates (subject to hydrolysis) is 2. The highest BCUT2D eigenvalue weighted by atomic mass is 35.5. The van der Waals surface area contributed by atoms with Gasteiger partial charge in [0.25, 0.3) is 5.91 Å². The first-order valence-electron chi connectivity index (χ1n) is 20.3. The lowest BCUT2D eigenvalue weighted by Gasteiger charge is -2.19. The zero-order valence-electron chi connectivity index (χ0n) is 37.1. The van der Waals surface area contributed by atoms with Crippen molar-refractivity contribution in [3.8, 4) is 0 Å². The molecule has 0 saturated heterocycles. The predicted octanol–water partition coefficient (Wildman–Crippen LogP) is 7.50. The van der Waals surface area contributed by atoms with Gasteiger partial charge in [-0.05, 0) is 88.1 Å². The van der Waals surface area contributed by atoms with E-state index in [9.17, 15) is 28.8 Å². The molecule has 0 aliphatic heterocycles. The van der Waals surface area contributed by atoms with Gasteiger partial charge in [-0.15, -0.1) is 35.1 Å². The van der Waals surface area contributed by atoms with Crippen LogP contribution >= 0.6 is 35.1 Å². The summed E-state index contributed by atoms with van der Waals surface area (Å²) in [4.78, 5) is 80.4. The Kier molecular flexibility index (Phi) is 21.9. The van der Waals surface area contributed by atoms with Crippen molar-refractivity contribution >= 4 is 91.5 Å². The number of thiophene rings is 2. The highest BCUT2D eigenvalue weighted by molar-refractivity contribution is 7.21. The van der Waals surface area contributed by atoms with E-state index in [1.165, 1.54) is 22.7 Å². The molecule has 66 heavy (non-hydrogen) atoms. The second-order valence-corrected chi connectivity index (χ2v) is 16.7. The zero-order valence-corrected chi connectivity index (χ0v) is 39.6. The molecule has 4 aromatic heterocycles. The van der Waals surface area contributed by atoms with Crippen LogP contribution in [0.1, 0.15) is 69.3 Å². The molecule has 0 aliphatic carbocycles. The lowest BCUT2D eigenvalue weighted by atomic mass is 10.2. The summed E-state index contributed by atoms with van der Waals surface area (Å²) >= 11 is 2.59. The van der Waals surface area contributed by atoms with E-state index in [-0.39, 0.29) is 56.8 Å². The maximum absolute atomic E-state index is 12.6. The number of carboxylic acid groups (broad SMARTS) is 1. The van der Waals surface area contributed by atoms with Crippen molar-refractivity contribution in [2.75, 3.05) is 13.1 Å². The quantitative estimate of drug-likeness (QED) is 0.0494. The number of hydrogen-bond acceptors (Lipinski definition) is 15. The van der Waals surface area contributed by atoms with E-state index in [1.54, 1.807) is 52.2 Å². The average Bonchev–Trinajstić information content (AvgIpc) is 3.93. The number of rotatable bonds is 15. The Labute approximate surface area is 395 Å². The molecule has 2 atom stereocenters. The number of carbonyl (C=O) groups excluding carboxylic acids is 5. The van der Waals surface area contributed by atoms with Crippen molar-refractivity contribution in [1.82, 2.24) is 25.9 Å². The Morgan fingerprint density at radius 1 is 0.652 bits per heavy atom. The number of fused-ring (bicyclic) bond motifs is 2. The Balaban J connectivity index is 0.000000289. The fourth-order valence-electron chi connectivity index (χ4n) is 5.48. The third kappa shape index (κ3) is 17.4. The third-order valence-corrected chi connectivity index (χ3v) is 11.1. The van der Waals surface area contributed by atoms with Gasteiger partial charge < -0.3 is 45.7 Å². The monoisotopic (exact) mass is 964 g/mol. The maximum Gasteiger partial charge on any atom is 0.408 e. The van der Waals surface area contributed by atoms with Crippen LogP contribution in [0.2, 0.25) is 0 Å². The van der Waals surface area contributed by atoms with Gasteiger partial charge in [-0.2, -0.15) is 0 Å². The van der Waals surface area contributed by atoms with E-state index in [0.717, 1.165) is 42.7 Å². The van der Waals surface area contributed by atoms with Gasteiger partial charge in [-0.25, -0.2) is 24.0 Å². The van der Waals surface area contributed by atoms with E-state index in [0.29, 0.717) is 9.75 Å². The summed E-state index contributed by atoms with van der Waals surface area (Å²) in [5.41, 5.74) is 10.7. The van der Waals surface area contributed by atoms with Crippen molar-refractivity contribution in [3.05, 3.63) is 129 Å². The fourth-order valence-corrected chi connectivity index (χ4v) is 7.40. The number of amides is 3. The van der Waals surface area contributed by atoms with Crippen LogP contribution in [-0.4, -0.2) is 88.5 Å². The van der Waals surface area contributed by atoms with Crippen LogP contribution in [-0.2, 0) is 41.8 Å². The molecule has 0 bridgehead atoms. The molecule has 6 rings (SSSR count). The first-order valence-corrected chi connectivity index (χ1v) is 21.9. The second kappa shape index (κ2) is 27.0. The number of aromatic carboxylic acids is 1.